The average molecular weight is 290 g/mol. The Kier molecular flexibility index (Phi) is 3.02. The Morgan fingerprint density at radius 3 is 2.71 bits per heavy atom. The molecule has 1 saturated heterocycles. The van der Waals surface area contributed by atoms with Crippen molar-refractivity contribution in [1.82, 2.24) is 9.88 Å². The molecule has 0 N–H and O–H groups in total. The van der Waals surface area contributed by atoms with Crippen molar-refractivity contribution in [1.29, 1.82) is 0 Å². The molecule has 0 unspecified atom stereocenters. The predicted octanol–water partition coefficient (Wildman–Crippen LogP) is 1.87. The maximum atomic E-state index is 12.4. The molecule has 21 heavy (non-hydrogen) atoms. The Morgan fingerprint density at radius 1 is 1.48 bits per heavy atom. The zero-order valence-corrected chi connectivity index (χ0v) is 12.4. The van der Waals surface area contributed by atoms with Gasteiger partial charge in [-0.3, -0.25) is 14.7 Å². The summed E-state index contributed by atoms with van der Waals surface area (Å²) in [6.07, 6.45) is 1.91. The number of rotatable bonds is 1. The first kappa shape index (κ1) is 14.0. The fourth-order valence-corrected chi connectivity index (χ4v) is 2.73. The fourth-order valence-electron chi connectivity index (χ4n) is 2.73. The molecule has 3 rings (SSSR count). The molecule has 1 aromatic heterocycles. The van der Waals surface area contributed by atoms with Crippen molar-refractivity contribution in [3.05, 3.63) is 29.1 Å². The van der Waals surface area contributed by atoms with Gasteiger partial charge in [0, 0.05) is 11.8 Å². The van der Waals surface area contributed by atoms with Gasteiger partial charge in [-0.2, -0.15) is 0 Å². The minimum absolute atomic E-state index is 0.378. The summed E-state index contributed by atoms with van der Waals surface area (Å²) in [5.41, 5.74) is 1.10. The molecule has 6 heteroatoms. The number of hydrogen-bond acceptors (Lipinski definition) is 5. The molecule has 1 amide bonds. The highest BCUT2D eigenvalue weighted by molar-refractivity contribution is 5.76. The van der Waals surface area contributed by atoms with Gasteiger partial charge in [0.25, 0.3) is 0 Å². The van der Waals surface area contributed by atoms with Gasteiger partial charge < -0.3 is 9.47 Å². The van der Waals surface area contributed by atoms with Crippen molar-refractivity contribution in [2.75, 3.05) is 13.2 Å². The van der Waals surface area contributed by atoms with Gasteiger partial charge in [0.15, 0.2) is 6.29 Å². The Balaban J connectivity index is 1.94. The van der Waals surface area contributed by atoms with Crippen molar-refractivity contribution in [3.8, 4) is 0 Å². The van der Waals surface area contributed by atoms with Crippen LogP contribution in [0.2, 0.25) is 0 Å². The standard InChI is InChI=1S/C15H18N2O4/c1-14(2,3)21-13(19)17-6-11-4-10(7-18)5-16-12(11)15(17)8-20-9-15/h4-5,7H,6,8-9H2,1-3H3. The normalized spacial score (nSPS) is 19.1. The number of ether oxygens (including phenoxy) is 2. The van der Waals surface area contributed by atoms with Gasteiger partial charge in [-0.15, -0.1) is 0 Å². The third-order valence-electron chi connectivity index (χ3n) is 3.71. The number of aromatic nitrogens is 1. The second-order valence-corrected chi connectivity index (χ2v) is 6.49. The number of pyridine rings is 1. The van der Waals surface area contributed by atoms with E-state index in [0.29, 0.717) is 25.3 Å². The van der Waals surface area contributed by atoms with Crippen LogP contribution in [0, 0.1) is 0 Å². The zero-order valence-electron chi connectivity index (χ0n) is 12.4. The van der Waals surface area contributed by atoms with Gasteiger partial charge in [0.05, 0.1) is 25.5 Å². The fraction of sp³-hybridized carbons (Fsp3) is 0.533. The lowest BCUT2D eigenvalue weighted by molar-refractivity contribution is -0.137. The number of hydrogen-bond donors (Lipinski definition) is 0. The maximum absolute atomic E-state index is 12.4. The van der Waals surface area contributed by atoms with E-state index in [2.05, 4.69) is 4.98 Å². The summed E-state index contributed by atoms with van der Waals surface area (Å²) in [6.45, 7) is 6.71. The molecule has 6 nitrogen and oxygen atoms in total. The molecular formula is C15H18N2O4. The van der Waals surface area contributed by atoms with Gasteiger partial charge >= 0.3 is 6.09 Å². The summed E-state index contributed by atoms with van der Waals surface area (Å²) >= 11 is 0. The van der Waals surface area contributed by atoms with E-state index >= 15 is 0 Å². The highest BCUT2D eigenvalue weighted by Gasteiger charge is 2.55. The molecular weight excluding hydrogens is 272 g/mol. The molecule has 3 heterocycles. The number of carbonyl (C=O) groups excluding carboxylic acids is 2. The minimum atomic E-state index is -0.557. The van der Waals surface area contributed by atoms with E-state index in [9.17, 15) is 9.59 Å². The van der Waals surface area contributed by atoms with Crippen molar-refractivity contribution < 1.29 is 19.1 Å². The topological polar surface area (TPSA) is 68.7 Å². The van der Waals surface area contributed by atoms with E-state index in [-0.39, 0.29) is 6.09 Å². The number of carbonyl (C=O) groups is 2. The molecule has 1 fully saturated rings. The highest BCUT2D eigenvalue weighted by atomic mass is 16.6. The lowest BCUT2D eigenvalue weighted by Gasteiger charge is -2.44. The smallest absolute Gasteiger partial charge is 0.411 e. The number of amides is 1. The largest absolute Gasteiger partial charge is 0.444 e. The third kappa shape index (κ3) is 2.19. The van der Waals surface area contributed by atoms with E-state index < -0.39 is 11.1 Å². The molecule has 1 aromatic rings. The predicted molar refractivity (Wildman–Crippen MR) is 73.9 cm³/mol. The van der Waals surface area contributed by atoms with E-state index in [1.807, 2.05) is 20.8 Å². The first-order valence-electron chi connectivity index (χ1n) is 6.89. The molecule has 1 spiro atoms. The van der Waals surface area contributed by atoms with E-state index in [1.165, 1.54) is 6.20 Å². The highest BCUT2D eigenvalue weighted by Crippen LogP contribution is 2.44. The second kappa shape index (κ2) is 4.53. The van der Waals surface area contributed by atoms with Gasteiger partial charge in [-0.05, 0) is 32.4 Å². The lowest BCUT2D eigenvalue weighted by Crippen LogP contribution is -2.58. The summed E-state index contributed by atoms with van der Waals surface area (Å²) in [4.78, 5) is 29.4. The van der Waals surface area contributed by atoms with Crippen molar-refractivity contribution in [2.24, 2.45) is 0 Å². The van der Waals surface area contributed by atoms with Crippen LogP contribution in [0.3, 0.4) is 0 Å². The zero-order chi connectivity index (χ0) is 15.3. The number of aldehydes is 1. The Hall–Kier alpha value is -1.95. The first-order chi connectivity index (χ1) is 9.86. The number of fused-ring (bicyclic) bond motifs is 2. The summed E-state index contributed by atoms with van der Waals surface area (Å²) < 4.78 is 10.8. The molecule has 0 saturated carbocycles. The molecule has 0 aromatic carbocycles. The van der Waals surface area contributed by atoms with E-state index in [4.69, 9.17) is 9.47 Å². The summed E-state index contributed by atoms with van der Waals surface area (Å²) in [6, 6.07) is 1.78. The summed E-state index contributed by atoms with van der Waals surface area (Å²) in [5.74, 6) is 0. The lowest BCUT2D eigenvalue weighted by atomic mass is 9.92. The van der Waals surface area contributed by atoms with E-state index in [1.54, 1.807) is 11.0 Å². The Morgan fingerprint density at radius 2 is 2.19 bits per heavy atom. The van der Waals surface area contributed by atoms with Crippen LogP contribution in [0.25, 0.3) is 0 Å². The van der Waals surface area contributed by atoms with Crippen molar-refractivity contribution in [2.45, 2.75) is 38.5 Å². The van der Waals surface area contributed by atoms with Crippen LogP contribution in [0.1, 0.15) is 42.4 Å². The van der Waals surface area contributed by atoms with Crippen LogP contribution < -0.4 is 0 Å². The summed E-state index contributed by atoms with van der Waals surface area (Å²) in [5, 5.41) is 0. The van der Waals surface area contributed by atoms with Gasteiger partial charge in [-0.1, -0.05) is 0 Å². The third-order valence-corrected chi connectivity index (χ3v) is 3.71. The van der Waals surface area contributed by atoms with Crippen molar-refractivity contribution in [3.63, 3.8) is 0 Å². The SMILES string of the molecule is CC(C)(C)OC(=O)N1Cc2cc(C=O)cnc2C12COC2. The van der Waals surface area contributed by atoms with Crippen molar-refractivity contribution >= 4 is 12.4 Å². The minimum Gasteiger partial charge on any atom is -0.444 e. The molecule has 0 radical (unpaired) electrons. The summed E-state index contributed by atoms with van der Waals surface area (Å²) in [7, 11) is 0. The van der Waals surface area contributed by atoms with Gasteiger partial charge in [0.1, 0.15) is 11.1 Å². The van der Waals surface area contributed by atoms with Gasteiger partial charge in [0.2, 0.25) is 0 Å². The molecule has 112 valence electrons. The van der Waals surface area contributed by atoms with Crippen LogP contribution in [-0.2, 0) is 21.6 Å². The maximum Gasteiger partial charge on any atom is 0.411 e. The molecule has 0 atom stereocenters. The van der Waals surface area contributed by atoms with Crippen LogP contribution in [0.15, 0.2) is 12.3 Å². The van der Waals surface area contributed by atoms with Crippen LogP contribution in [0.4, 0.5) is 4.79 Å². The second-order valence-electron chi connectivity index (χ2n) is 6.49. The molecule has 0 aliphatic carbocycles. The monoisotopic (exact) mass is 290 g/mol. The van der Waals surface area contributed by atoms with Crippen LogP contribution >= 0.6 is 0 Å². The molecule has 0 bridgehead atoms. The average Bonchev–Trinajstić information content (AvgIpc) is 2.70. The van der Waals surface area contributed by atoms with Crippen LogP contribution in [0.5, 0.6) is 0 Å². The quantitative estimate of drug-likeness (QED) is 0.739. The first-order valence-corrected chi connectivity index (χ1v) is 6.89. The molecule has 2 aliphatic heterocycles. The Bertz CT molecular complexity index is 602. The van der Waals surface area contributed by atoms with Crippen LogP contribution in [-0.4, -0.2) is 41.1 Å². The molecule has 2 aliphatic rings. The van der Waals surface area contributed by atoms with Gasteiger partial charge in [-0.25, -0.2) is 4.79 Å². The Labute approximate surface area is 123 Å². The van der Waals surface area contributed by atoms with E-state index in [0.717, 1.165) is 17.5 Å². The number of nitrogens with zero attached hydrogens (tertiary/aromatic N) is 2.